The standard InChI is InChI=1S/C14H15BrN2O/c15-11-2-3-13(10(5-11)6-16)17-7-9-1-4-14(18)12(9)8-17/h2-3,5,9,12,14,18H,1,4,7-8H2. The molecule has 1 aromatic carbocycles. The Kier molecular flexibility index (Phi) is 3.04. The average Bonchev–Trinajstić information content (AvgIpc) is 2.92. The predicted molar refractivity (Wildman–Crippen MR) is 73.3 cm³/mol. The van der Waals surface area contributed by atoms with E-state index in [9.17, 15) is 10.4 Å². The number of anilines is 1. The molecule has 1 saturated carbocycles. The number of fused-ring (bicyclic) bond motifs is 1. The van der Waals surface area contributed by atoms with Crippen molar-refractivity contribution in [1.82, 2.24) is 0 Å². The van der Waals surface area contributed by atoms with Crippen LogP contribution >= 0.6 is 15.9 Å². The van der Waals surface area contributed by atoms with E-state index in [-0.39, 0.29) is 6.10 Å². The zero-order valence-corrected chi connectivity index (χ0v) is 11.6. The van der Waals surface area contributed by atoms with Gasteiger partial charge in [-0.1, -0.05) is 15.9 Å². The van der Waals surface area contributed by atoms with Gasteiger partial charge in [0.25, 0.3) is 0 Å². The van der Waals surface area contributed by atoms with Crippen LogP contribution in [0.5, 0.6) is 0 Å². The number of hydrogen-bond donors (Lipinski definition) is 1. The Hall–Kier alpha value is -1.05. The second-order valence-corrected chi connectivity index (χ2v) is 6.16. The third-order valence-corrected chi connectivity index (χ3v) is 4.73. The molecule has 0 aromatic heterocycles. The number of benzene rings is 1. The third kappa shape index (κ3) is 1.92. The molecule has 0 amide bonds. The summed E-state index contributed by atoms with van der Waals surface area (Å²) in [5.74, 6) is 0.982. The molecule has 18 heavy (non-hydrogen) atoms. The highest BCUT2D eigenvalue weighted by Gasteiger charge is 2.42. The number of aliphatic hydroxyl groups is 1. The fourth-order valence-corrected chi connectivity index (χ4v) is 3.67. The second kappa shape index (κ2) is 4.56. The Bertz CT molecular complexity index is 511. The smallest absolute Gasteiger partial charge is 0.101 e. The van der Waals surface area contributed by atoms with Gasteiger partial charge in [0.15, 0.2) is 0 Å². The number of nitrogens with zero attached hydrogens (tertiary/aromatic N) is 2. The molecule has 1 heterocycles. The molecule has 2 fully saturated rings. The van der Waals surface area contributed by atoms with Crippen molar-refractivity contribution in [2.45, 2.75) is 18.9 Å². The fraction of sp³-hybridized carbons (Fsp3) is 0.500. The molecule has 3 rings (SSSR count). The van der Waals surface area contributed by atoms with Crippen LogP contribution < -0.4 is 4.90 Å². The van der Waals surface area contributed by atoms with E-state index in [0.29, 0.717) is 17.4 Å². The van der Waals surface area contributed by atoms with Crippen molar-refractivity contribution >= 4 is 21.6 Å². The Morgan fingerprint density at radius 3 is 2.89 bits per heavy atom. The zero-order valence-electron chi connectivity index (χ0n) is 10.0. The highest BCUT2D eigenvalue weighted by atomic mass is 79.9. The number of nitriles is 1. The van der Waals surface area contributed by atoms with Gasteiger partial charge in [0.05, 0.1) is 17.4 Å². The van der Waals surface area contributed by atoms with Gasteiger partial charge in [-0.2, -0.15) is 5.26 Å². The van der Waals surface area contributed by atoms with Crippen molar-refractivity contribution in [2.24, 2.45) is 11.8 Å². The molecule has 0 spiro atoms. The van der Waals surface area contributed by atoms with Gasteiger partial charge in [-0.25, -0.2) is 0 Å². The molecule has 94 valence electrons. The first-order chi connectivity index (χ1) is 8.69. The molecule has 3 nitrogen and oxygen atoms in total. The Balaban J connectivity index is 1.87. The van der Waals surface area contributed by atoms with Gasteiger partial charge in [-0.05, 0) is 37.0 Å². The van der Waals surface area contributed by atoms with Gasteiger partial charge in [0, 0.05) is 23.5 Å². The third-order valence-electron chi connectivity index (χ3n) is 4.24. The summed E-state index contributed by atoms with van der Waals surface area (Å²) in [7, 11) is 0. The summed E-state index contributed by atoms with van der Waals surface area (Å²) < 4.78 is 0.933. The van der Waals surface area contributed by atoms with Gasteiger partial charge >= 0.3 is 0 Å². The van der Waals surface area contributed by atoms with Crippen molar-refractivity contribution in [3.63, 3.8) is 0 Å². The maximum Gasteiger partial charge on any atom is 0.101 e. The summed E-state index contributed by atoms with van der Waals surface area (Å²) in [5.41, 5.74) is 1.71. The SMILES string of the molecule is N#Cc1cc(Br)ccc1N1CC2CCC(O)C2C1. The summed E-state index contributed by atoms with van der Waals surface area (Å²) in [4.78, 5) is 2.25. The molecule has 2 aliphatic rings. The number of rotatable bonds is 1. The van der Waals surface area contributed by atoms with Gasteiger partial charge in [-0.3, -0.25) is 0 Å². The quantitative estimate of drug-likeness (QED) is 0.867. The van der Waals surface area contributed by atoms with Gasteiger partial charge in [0.2, 0.25) is 0 Å². The Morgan fingerprint density at radius 1 is 1.33 bits per heavy atom. The minimum absolute atomic E-state index is 0.152. The molecular weight excluding hydrogens is 292 g/mol. The van der Waals surface area contributed by atoms with Crippen LogP contribution in [-0.4, -0.2) is 24.3 Å². The van der Waals surface area contributed by atoms with Crippen molar-refractivity contribution < 1.29 is 5.11 Å². The molecular formula is C14H15BrN2O. The Labute approximate surface area is 115 Å². The normalized spacial score (nSPS) is 30.3. The van der Waals surface area contributed by atoms with Crippen LogP contribution in [0, 0.1) is 23.2 Å². The van der Waals surface area contributed by atoms with Crippen LogP contribution in [0.2, 0.25) is 0 Å². The van der Waals surface area contributed by atoms with E-state index < -0.39 is 0 Å². The topological polar surface area (TPSA) is 47.3 Å². The molecule has 3 unspecified atom stereocenters. The highest BCUT2D eigenvalue weighted by Crippen LogP contribution is 2.40. The maximum atomic E-state index is 9.94. The predicted octanol–water partition coefficient (Wildman–Crippen LogP) is 2.53. The van der Waals surface area contributed by atoms with E-state index in [1.807, 2.05) is 18.2 Å². The molecule has 1 N–H and O–H groups in total. The molecule has 1 aliphatic heterocycles. The summed E-state index contributed by atoms with van der Waals surface area (Å²) in [6.45, 7) is 1.85. The second-order valence-electron chi connectivity index (χ2n) is 5.25. The van der Waals surface area contributed by atoms with Gasteiger partial charge < -0.3 is 10.0 Å². The van der Waals surface area contributed by atoms with E-state index in [1.165, 1.54) is 0 Å². The summed E-state index contributed by atoms with van der Waals surface area (Å²) >= 11 is 3.39. The minimum Gasteiger partial charge on any atom is -0.393 e. The van der Waals surface area contributed by atoms with Gasteiger partial charge in [0.1, 0.15) is 6.07 Å². The number of halogens is 1. The molecule has 0 bridgehead atoms. The van der Waals surface area contributed by atoms with E-state index in [0.717, 1.165) is 36.1 Å². The monoisotopic (exact) mass is 306 g/mol. The first-order valence-electron chi connectivity index (χ1n) is 6.31. The largest absolute Gasteiger partial charge is 0.393 e. The molecule has 1 aromatic rings. The lowest BCUT2D eigenvalue weighted by molar-refractivity contribution is 0.133. The van der Waals surface area contributed by atoms with Gasteiger partial charge in [-0.15, -0.1) is 0 Å². The van der Waals surface area contributed by atoms with Crippen molar-refractivity contribution in [2.75, 3.05) is 18.0 Å². The van der Waals surface area contributed by atoms with Crippen molar-refractivity contribution in [1.29, 1.82) is 5.26 Å². The van der Waals surface area contributed by atoms with Crippen LogP contribution in [-0.2, 0) is 0 Å². The summed E-state index contributed by atoms with van der Waals surface area (Å²) in [6.07, 6.45) is 1.90. The zero-order chi connectivity index (χ0) is 12.7. The summed E-state index contributed by atoms with van der Waals surface area (Å²) in [6, 6.07) is 8.09. The van der Waals surface area contributed by atoms with Crippen LogP contribution in [0.25, 0.3) is 0 Å². The first-order valence-corrected chi connectivity index (χ1v) is 7.11. The van der Waals surface area contributed by atoms with Crippen molar-refractivity contribution in [3.8, 4) is 6.07 Å². The minimum atomic E-state index is -0.152. The fourth-order valence-electron chi connectivity index (χ4n) is 3.31. The van der Waals surface area contributed by atoms with E-state index >= 15 is 0 Å². The summed E-state index contributed by atoms with van der Waals surface area (Å²) in [5, 5.41) is 19.1. The first kappa shape index (κ1) is 12.0. The molecule has 1 aliphatic carbocycles. The molecule has 3 atom stereocenters. The maximum absolute atomic E-state index is 9.94. The van der Waals surface area contributed by atoms with Crippen LogP contribution in [0.3, 0.4) is 0 Å². The highest BCUT2D eigenvalue weighted by molar-refractivity contribution is 9.10. The Morgan fingerprint density at radius 2 is 2.17 bits per heavy atom. The lowest BCUT2D eigenvalue weighted by atomic mass is 10.00. The van der Waals surface area contributed by atoms with Crippen LogP contribution in [0.4, 0.5) is 5.69 Å². The van der Waals surface area contributed by atoms with E-state index in [2.05, 4.69) is 26.9 Å². The molecule has 4 heteroatoms. The molecule has 1 saturated heterocycles. The van der Waals surface area contributed by atoms with Crippen LogP contribution in [0.15, 0.2) is 22.7 Å². The molecule has 0 radical (unpaired) electrons. The van der Waals surface area contributed by atoms with E-state index in [4.69, 9.17) is 0 Å². The lowest BCUT2D eigenvalue weighted by Gasteiger charge is -2.21. The lowest BCUT2D eigenvalue weighted by Crippen LogP contribution is -2.25. The van der Waals surface area contributed by atoms with Crippen LogP contribution in [0.1, 0.15) is 18.4 Å². The number of hydrogen-bond acceptors (Lipinski definition) is 3. The average molecular weight is 307 g/mol. The van der Waals surface area contributed by atoms with E-state index in [1.54, 1.807) is 0 Å². The van der Waals surface area contributed by atoms with Crippen molar-refractivity contribution in [3.05, 3.63) is 28.2 Å². The number of aliphatic hydroxyl groups excluding tert-OH is 1.